The van der Waals surface area contributed by atoms with Gasteiger partial charge in [0.15, 0.2) is 5.78 Å². The van der Waals surface area contributed by atoms with Gasteiger partial charge in [-0.2, -0.15) is 8.75 Å². The maximum Gasteiger partial charge on any atom is 0.336 e. The van der Waals surface area contributed by atoms with Crippen molar-refractivity contribution >= 4 is 40.1 Å². The van der Waals surface area contributed by atoms with E-state index < -0.39 is 5.97 Å². The van der Waals surface area contributed by atoms with Gasteiger partial charge < -0.3 is 9.84 Å². The SMILES string of the molecule is O=C(O)C(=C(Cc1ccc(OCc2ccccc2)cc1)C(=O)c1ccccc1)c1ccc2nsnc2c1. The summed E-state index contributed by atoms with van der Waals surface area (Å²) >= 11 is 1.06. The van der Waals surface area contributed by atoms with Gasteiger partial charge in [-0.3, -0.25) is 4.79 Å². The molecular formula is C30H22N2O4S. The van der Waals surface area contributed by atoms with E-state index >= 15 is 0 Å². The molecule has 0 radical (unpaired) electrons. The molecule has 1 N–H and O–H groups in total. The van der Waals surface area contributed by atoms with Crippen molar-refractivity contribution in [1.29, 1.82) is 0 Å². The van der Waals surface area contributed by atoms with Crippen molar-refractivity contribution in [2.45, 2.75) is 13.0 Å². The zero-order valence-corrected chi connectivity index (χ0v) is 20.5. The van der Waals surface area contributed by atoms with Crippen LogP contribution in [-0.2, 0) is 17.8 Å². The largest absolute Gasteiger partial charge is 0.489 e. The van der Waals surface area contributed by atoms with Crippen LogP contribution < -0.4 is 4.74 Å². The zero-order valence-electron chi connectivity index (χ0n) is 19.7. The van der Waals surface area contributed by atoms with Crippen LogP contribution in [0.2, 0.25) is 0 Å². The number of carbonyl (C=O) groups is 2. The van der Waals surface area contributed by atoms with Crippen LogP contribution >= 0.6 is 11.7 Å². The number of carbonyl (C=O) groups excluding carboxylic acids is 1. The summed E-state index contributed by atoms with van der Waals surface area (Å²) in [6, 6.07) is 31.0. The number of hydrogen-bond donors (Lipinski definition) is 1. The fourth-order valence-corrected chi connectivity index (χ4v) is 4.58. The van der Waals surface area contributed by atoms with E-state index in [0.29, 0.717) is 34.5 Å². The van der Waals surface area contributed by atoms with E-state index in [1.54, 1.807) is 42.5 Å². The van der Waals surface area contributed by atoms with E-state index in [1.165, 1.54) is 0 Å². The average Bonchev–Trinajstić information content (AvgIpc) is 3.41. The lowest BCUT2D eigenvalue weighted by Gasteiger charge is -2.14. The van der Waals surface area contributed by atoms with Gasteiger partial charge in [0.2, 0.25) is 0 Å². The van der Waals surface area contributed by atoms with Crippen molar-refractivity contribution in [3.05, 3.63) is 131 Å². The molecule has 5 aromatic rings. The molecule has 0 atom stereocenters. The number of rotatable bonds is 9. The van der Waals surface area contributed by atoms with Crippen LogP contribution in [0, 0.1) is 0 Å². The van der Waals surface area contributed by atoms with Crippen LogP contribution in [0.5, 0.6) is 5.75 Å². The Balaban J connectivity index is 1.50. The second-order valence-electron chi connectivity index (χ2n) is 8.42. The highest BCUT2D eigenvalue weighted by molar-refractivity contribution is 7.00. The topological polar surface area (TPSA) is 89.4 Å². The molecule has 0 aliphatic rings. The van der Waals surface area contributed by atoms with Gasteiger partial charge >= 0.3 is 5.97 Å². The molecular weight excluding hydrogens is 484 g/mol. The number of ketones is 1. The Morgan fingerprint density at radius 2 is 1.41 bits per heavy atom. The number of benzene rings is 4. The van der Waals surface area contributed by atoms with E-state index in [9.17, 15) is 14.7 Å². The summed E-state index contributed by atoms with van der Waals surface area (Å²) < 4.78 is 14.3. The first kappa shape index (κ1) is 24.1. The predicted molar refractivity (Wildman–Crippen MR) is 144 cm³/mol. The van der Waals surface area contributed by atoms with E-state index in [1.807, 2.05) is 60.7 Å². The molecule has 1 heterocycles. The smallest absolute Gasteiger partial charge is 0.336 e. The Hall–Kier alpha value is -4.62. The Morgan fingerprint density at radius 3 is 2.11 bits per heavy atom. The van der Waals surface area contributed by atoms with Gasteiger partial charge in [0.25, 0.3) is 0 Å². The van der Waals surface area contributed by atoms with Gasteiger partial charge in [0.1, 0.15) is 23.4 Å². The number of hydrogen-bond acceptors (Lipinski definition) is 6. The second kappa shape index (κ2) is 11.0. The summed E-state index contributed by atoms with van der Waals surface area (Å²) in [5.74, 6) is -0.823. The van der Waals surface area contributed by atoms with Crippen LogP contribution in [0.4, 0.5) is 0 Å². The van der Waals surface area contributed by atoms with Crippen molar-refractivity contribution in [3.63, 3.8) is 0 Å². The number of allylic oxidation sites excluding steroid dienone is 1. The van der Waals surface area contributed by atoms with E-state index in [4.69, 9.17) is 4.74 Å². The molecule has 0 fully saturated rings. The fourth-order valence-electron chi connectivity index (χ4n) is 4.06. The quantitative estimate of drug-likeness (QED) is 0.188. The number of nitrogens with zero attached hydrogens (tertiary/aromatic N) is 2. The van der Waals surface area contributed by atoms with Crippen molar-refractivity contribution in [3.8, 4) is 5.75 Å². The van der Waals surface area contributed by atoms with Crippen molar-refractivity contribution < 1.29 is 19.4 Å². The summed E-state index contributed by atoms with van der Waals surface area (Å²) in [6.07, 6.45) is 0.141. The maximum absolute atomic E-state index is 13.6. The van der Waals surface area contributed by atoms with Crippen LogP contribution in [0.25, 0.3) is 16.6 Å². The number of aliphatic carboxylic acids is 1. The van der Waals surface area contributed by atoms with Gasteiger partial charge in [-0.15, -0.1) is 0 Å². The van der Waals surface area contributed by atoms with Crippen LogP contribution in [0.15, 0.2) is 109 Å². The lowest BCUT2D eigenvalue weighted by molar-refractivity contribution is -0.130. The number of aromatic nitrogens is 2. The number of Topliss-reactive ketones (excluding diaryl/α,β-unsaturated/α-hetero) is 1. The van der Waals surface area contributed by atoms with Crippen molar-refractivity contribution in [1.82, 2.24) is 8.75 Å². The predicted octanol–water partition coefficient (Wildman–Crippen LogP) is 6.23. The number of ether oxygens (including phenoxy) is 1. The Kier molecular flexibility index (Phi) is 7.14. The average molecular weight is 507 g/mol. The van der Waals surface area contributed by atoms with Crippen molar-refractivity contribution in [2.24, 2.45) is 0 Å². The summed E-state index contributed by atoms with van der Waals surface area (Å²) in [7, 11) is 0. The number of fused-ring (bicyclic) bond motifs is 1. The summed E-state index contributed by atoms with van der Waals surface area (Å²) in [6.45, 7) is 0.439. The van der Waals surface area contributed by atoms with E-state index in [0.717, 1.165) is 22.9 Å². The minimum atomic E-state index is -1.18. The first-order chi connectivity index (χ1) is 18.1. The fraction of sp³-hybridized carbons (Fsp3) is 0.0667. The van der Waals surface area contributed by atoms with Gasteiger partial charge in [0, 0.05) is 17.6 Å². The Morgan fingerprint density at radius 1 is 0.730 bits per heavy atom. The molecule has 0 saturated heterocycles. The van der Waals surface area contributed by atoms with Crippen LogP contribution in [0.1, 0.15) is 27.0 Å². The molecule has 7 heteroatoms. The normalized spacial score (nSPS) is 11.7. The van der Waals surface area contributed by atoms with Crippen molar-refractivity contribution in [2.75, 3.05) is 0 Å². The molecule has 0 saturated carbocycles. The molecule has 182 valence electrons. The minimum absolute atomic E-state index is 0.0480. The van der Waals surface area contributed by atoms with Gasteiger partial charge in [-0.05, 0) is 41.0 Å². The monoisotopic (exact) mass is 506 g/mol. The van der Waals surface area contributed by atoms with E-state index in [-0.39, 0.29) is 23.4 Å². The molecule has 37 heavy (non-hydrogen) atoms. The third-order valence-corrected chi connectivity index (χ3v) is 6.48. The van der Waals surface area contributed by atoms with Crippen LogP contribution in [-0.4, -0.2) is 25.6 Å². The highest BCUT2D eigenvalue weighted by Crippen LogP contribution is 2.28. The lowest BCUT2D eigenvalue weighted by atomic mass is 9.89. The lowest BCUT2D eigenvalue weighted by Crippen LogP contribution is -2.14. The first-order valence-corrected chi connectivity index (χ1v) is 12.4. The molecule has 6 nitrogen and oxygen atoms in total. The molecule has 0 bridgehead atoms. The highest BCUT2D eigenvalue weighted by atomic mass is 32.1. The molecule has 1 aromatic heterocycles. The summed E-state index contributed by atoms with van der Waals surface area (Å²) in [5, 5.41) is 10.3. The molecule has 0 aliphatic heterocycles. The van der Waals surface area contributed by atoms with Crippen LogP contribution in [0.3, 0.4) is 0 Å². The zero-order chi connectivity index (χ0) is 25.6. The number of carboxylic acid groups (broad SMARTS) is 1. The summed E-state index contributed by atoms with van der Waals surface area (Å²) in [5.41, 5.74) is 4.11. The third kappa shape index (κ3) is 5.63. The van der Waals surface area contributed by atoms with Gasteiger partial charge in [-0.25, -0.2) is 4.79 Å². The third-order valence-electron chi connectivity index (χ3n) is 5.92. The molecule has 0 amide bonds. The van der Waals surface area contributed by atoms with Gasteiger partial charge in [0.05, 0.1) is 17.3 Å². The first-order valence-electron chi connectivity index (χ1n) is 11.6. The second-order valence-corrected chi connectivity index (χ2v) is 8.95. The van der Waals surface area contributed by atoms with E-state index in [2.05, 4.69) is 8.75 Å². The molecule has 0 aliphatic carbocycles. The molecule has 0 spiro atoms. The Labute approximate surface area is 217 Å². The molecule has 4 aromatic carbocycles. The molecule has 5 rings (SSSR count). The number of carboxylic acids is 1. The summed E-state index contributed by atoms with van der Waals surface area (Å²) in [4.78, 5) is 26.2. The standard InChI is InChI=1S/C30H22N2O4S/c33-29(22-9-5-2-6-10-22)25(28(30(34)35)23-13-16-26-27(18-23)32-37-31-26)17-20-11-14-24(15-12-20)36-19-21-7-3-1-4-8-21/h1-16,18H,17,19H2,(H,34,35). The van der Waals surface area contributed by atoms with Gasteiger partial charge in [-0.1, -0.05) is 78.9 Å². The minimum Gasteiger partial charge on any atom is -0.489 e. The highest BCUT2D eigenvalue weighted by Gasteiger charge is 2.24. The Bertz CT molecular complexity index is 1580. The maximum atomic E-state index is 13.6. The molecule has 0 unspecified atom stereocenters.